The molecule has 2 fully saturated rings. The van der Waals surface area contributed by atoms with Gasteiger partial charge in [0, 0.05) is 19.5 Å². The zero-order chi connectivity index (χ0) is 13.4. The summed E-state index contributed by atoms with van der Waals surface area (Å²) in [4.78, 5) is 12.7. The van der Waals surface area contributed by atoms with Gasteiger partial charge in [-0.25, -0.2) is 0 Å². The summed E-state index contributed by atoms with van der Waals surface area (Å²) in [6, 6.07) is -1.35. The number of carbonyl (C=O) groups is 1. The highest BCUT2D eigenvalue weighted by Gasteiger charge is 2.56. The number of amides is 1. The van der Waals surface area contributed by atoms with E-state index < -0.39 is 30.4 Å². The number of rotatable bonds is 3. The topological polar surface area (TPSA) is 113 Å². The first-order valence-electron chi connectivity index (χ1n) is 6.14. The maximum atomic E-state index is 10.9. The Hall–Kier alpha value is -0.730. The number of carbonyl (C=O) groups excluding carboxylic acids is 1. The van der Waals surface area contributed by atoms with Crippen LogP contribution < -0.4 is 5.32 Å². The second kappa shape index (κ2) is 5.10. The van der Waals surface area contributed by atoms with Crippen LogP contribution in [0.15, 0.2) is 0 Å². The number of aliphatic hydroxyl groups is 4. The zero-order valence-electron chi connectivity index (χ0n) is 10.2. The van der Waals surface area contributed by atoms with Crippen molar-refractivity contribution in [2.45, 2.75) is 49.8 Å². The molecule has 1 amide bonds. The Morgan fingerprint density at radius 1 is 1.33 bits per heavy atom. The molecule has 2 aliphatic heterocycles. The van der Waals surface area contributed by atoms with Crippen molar-refractivity contribution in [3.8, 4) is 0 Å². The van der Waals surface area contributed by atoms with Gasteiger partial charge >= 0.3 is 0 Å². The predicted octanol–water partition coefficient (Wildman–Crippen LogP) is -2.98. The van der Waals surface area contributed by atoms with Crippen LogP contribution in [0.5, 0.6) is 0 Å². The lowest BCUT2D eigenvalue weighted by molar-refractivity contribution is -0.119. The fraction of sp³-hybridized carbons (Fsp3) is 0.909. The molecule has 0 aromatic heterocycles. The van der Waals surface area contributed by atoms with Crippen LogP contribution in [0.2, 0.25) is 0 Å². The molecule has 104 valence electrons. The molecule has 0 aromatic rings. The third-order valence-corrected chi connectivity index (χ3v) is 3.92. The molecule has 2 saturated heterocycles. The molecular formula is C11H20N2O5. The average Bonchev–Trinajstić information content (AvgIpc) is 2.76. The van der Waals surface area contributed by atoms with Crippen LogP contribution in [0.25, 0.3) is 0 Å². The Balaban J connectivity index is 2.15. The molecule has 0 aromatic carbocycles. The van der Waals surface area contributed by atoms with Crippen LogP contribution in [-0.4, -0.2) is 80.8 Å². The molecule has 5 N–H and O–H groups in total. The third kappa shape index (κ3) is 2.12. The summed E-state index contributed by atoms with van der Waals surface area (Å²) in [6.45, 7) is 1.41. The van der Waals surface area contributed by atoms with Gasteiger partial charge in [0.25, 0.3) is 0 Å². The Kier molecular flexibility index (Phi) is 3.88. The van der Waals surface area contributed by atoms with Gasteiger partial charge in [0.2, 0.25) is 5.91 Å². The van der Waals surface area contributed by atoms with Gasteiger partial charge in [0.05, 0.1) is 37.0 Å². The van der Waals surface area contributed by atoms with Gasteiger partial charge < -0.3 is 25.7 Å². The number of aliphatic hydroxyl groups excluding tert-OH is 4. The molecule has 6 atom stereocenters. The highest BCUT2D eigenvalue weighted by atomic mass is 16.3. The number of hydrogen-bond acceptors (Lipinski definition) is 6. The van der Waals surface area contributed by atoms with Crippen molar-refractivity contribution in [2.75, 3.05) is 13.2 Å². The quantitative estimate of drug-likeness (QED) is 0.370. The number of nitrogens with zero attached hydrogens (tertiary/aromatic N) is 1. The van der Waals surface area contributed by atoms with Gasteiger partial charge in [0.15, 0.2) is 0 Å². The minimum absolute atomic E-state index is 0.149. The van der Waals surface area contributed by atoms with E-state index in [4.69, 9.17) is 0 Å². The van der Waals surface area contributed by atoms with E-state index in [0.717, 1.165) is 0 Å². The van der Waals surface area contributed by atoms with E-state index in [1.54, 1.807) is 4.90 Å². The maximum Gasteiger partial charge on any atom is 0.216 e. The molecule has 18 heavy (non-hydrogen) atoms. The van der Waals surface area contributed by atoms with E-state index in [2.05, 4.69) is 5.32 Å². The number of fused-ring (bicyclic) bond motifs is 1. The van der Waals surface area contributed by atoms with Crippen molar-refractivity contribution in [3.05, 3.63) is 0 Å². The lowest BCUT2D eigenvalue weighted by Crippen LogP contribution is -2.49. The van der Waals surface area contributed by atoms with Gasteiger partial charge in [-0.05, 0) is 6.42 Å². The average molecular weight is 260 g/mol. The summed E-state index contributed by atoms with van der Waals surface area (Å²) >= 11 is 0. The third-order valence-electron chi connectivity index (χ3n) is 3.92. The maximum absolute atomic E-state index is 10.9. The molecule has 0 radical (unpaired) electrons. The van der Waals surface area contributed by atoms with Crippen LogP contribution in [-0.2, 0) is 4.79 Å². The SMILES string of the molecule is CC(=O)NC[C@@H]1[C@@H](O)[C@@H](O)C2[C@@H](O)C[C@H](CO)N21. The second-order valence-electron chi connectivity index (χ2n) is 5.06. The van der Waals surface area contributed by atoms with Crippen molar-refractivity contribution < 1.29 is 25.2 Å². The first-order valence-corrected chi connectivity index (χ1v) is 6.14. The lowest BCUT2D eigenvalue weighted by atomic mass is 10.0. The van der Waals surface area contributed by atoms with Crippen molar-refractivity contribution in [1.82, 2.24) is 10.2 Å². The predicted molar refractivity (Wildman–Crippen MR) is 61.6 cm³/mol. The summed E-state index contributed by atoms with van der Waals surface area (Å²) in [5, 5.41) is 41.7. The molecule has 7 heteroatoms. The molecular weight excluding hydrogens is 240 g/mol. The summed E-state index contributed by atoms with van der Waals surface area (Å²) in [5.74, 6) is -0.222. The minimum Gasteiger partial charge on any atom is -0.395 e. The zero-order valence-corrected chi connectivity index (χ0v) is 10.2. The summed E-state index contributed by atoms with van der Waals surface area (Å²) in [7, 11) is 0. The summed E-state index contributed by atoms with van der Waals surface area (Å²) < 4.78 is 0. The first kappa shape index (κ1) is 13.7. The fourth-order valence-corrected chi connectivity index (χ4v) is 3.13. The molecule has 0 bridgehead atoms. The Labute approximate surface area is 105 Å². The highest BCUT2D eigenvalue weighted by Crippen LogP contribution is 2.37. The van der Waals surface area contributed by atoms with E-state index in [9.17, 15) is 25.2 Å². The van der Waals surface area contributed by atoms with E-state index in [0.29, 0.717) is 6.42 Å². The Morgan fingerprint density at radius 3 is 2.56 bits per heavy atom. The van der Waals surface area contributed by atoms with Crippen LogP contribution in [0.3, 0.4) is 0 Å². The Morgan fingerprint density at radius 2 is 2.00 bits per heavy atom. The van der Waals surface area contributed by atoms with E-state index in [-0.39, 0.29) is 25.1 Å². The number of nitrogens with one attached hydrogen (secondary N) is 1. The molecule has 2 heterocycles. The van der Waals surface area contributed by atoms with Crippen LogP contribution >= 0.6 is 0 Å². The van der Waals surface area contributed by atoms with Crippen LogP contribution in [0.4, 0.5) is 0 Å². The van der Waals surface area contributed by atoms with Crippen LogP contribution in [0, 0.1) is 0 Å². The van der Waals surface area contributed by atoms with E-state index in [1.165, 1.54) is 6.92 Å². The monoisotopic (exact) mass is 260 g/mol. The van der Waals surface area contributed by atoms with Crippen molar-refractivity contribution in [2.24, 2.45) is 0 Å². The minimum atomic E-state index is -1.06. The first-order chi connectivity index (χ1) is 8.47. The summed E-state index contributed by atoms with van der Waals surface area (Å²) in [5.41, 5.74) is 0. The molecule has 0 aliphatic carbocycles. The largest absolute Gasteiger partial charge is 0.395 e. The van der Waals surface area contributed by atoms with E-state index >= 15 is 0 Å². The molecule has 2 rings (SSSR count). The summed E-state index contributed by atoms with van der Waals surface area (Å²) in [6.07, 6.45) is -2.50. The lowest BCUT2D eigenvalue weighted by Gasteiger charge is -2.29. The smallest absolute Gasteiger partial charge is 0.216 e. The van der Waals surface area contributed by atoms with Crippen molar-refractivity contribution in [1.29, 1.82) is 0 Å². The second-order valence-corrected chi connectivity index (χ2v) is 5.06. The van der Waals surface area contributed by atoms with Crippen molar-refractivity contribution in [3.63, 3.8) is 0 Å². The fourth-order valence-electron chi connectivity index (χ4n) is 3.13. The van der Waals surface area contributed by atoms with Gasteiger partial charge in [-0.2, -0.15) is 0 Å². The van der Waals surface area contributed by atoms with Gasteiger partial charge in [-0.3, -0.25) is 9.69 Å². The van der Waals surface area contributed by atoms with Crippen molar-refractivity contribution >= 4 is 5.91 Å². The molecule has 1 unspecified atom stereocenters. The highest BCUT2D eigenvalue weighted by molar-refractivity contribution is 5.72. The number of hydrogen-bond donors (Lipinski definition) is 5. The van der Waals surface area contributed by atoms with E-state index in [1.807, 2.05) is 0 Å². The molecule has 7 nitrogen and oxygen atoms in total. The Bertz CT molecular complexity index is 327. The van der Waals surface area contributed by atoms with Gasteiger partial charge in [-0.15, -0.1) is 0 Å². The van der Waals surface area contributed by atoms with Gasteiger partial charge in [-0.1, -0.05) is 0 Å². The van der Waals surface area contributed by atoms with Gasteiger partial charge in [0.1, 0.15) is 0 Å². The normalized spacial score (nSPS) is 44.1. The van der Waals surface area contributed by atoms with Crippen LogP contribution in [0.1, 0.15) is 13.3 Å². The molecule has 0 saturated carbocycles. The standard InChI is InChI=1S/C11H20N2O5/c1-5(15)12-3-7-10(17)11(18)9-8(16)2-6(4-14)13(7)9/h6-11,14,16-18H,2-4H2,1H3,(H,12,15)/t6-,7-,8+,9?,10-,11+/m1/s1. The molecule has 0 spiro atoms. The molecule has 2 aliphatic rings.